The van der Waals surface area contributed by atoms with Gasteiger partial charge in [-0.1, -0.05) is 12.1 Å². The van der Waals surface area contributed by atoms with Crippen molar-refractivity contribution in [1.29, 1.82) is 0 Å². The lowest BCUT2D eigenvalue weighted by atomic mass is 9.91. The number of ether oxygens (including phenoxy) is 1. The lowest BCUT2D eigenvalue weighted by molar-refractivity contribution is -0.170. The number of anilines is 1. The Labute approximate surface area is 220 Å². The molecular weight excluding hydrogens is 500 g/mol. The normalized spacial score (nSPS) is 18.6. The van der Waals surface area contributed by atoms with Crippen molar-refractivity contribution in [2.75, 3.05) is 18.9 Å². The predicted molar refractivity (Wildman–Crippen MR) is 139 cm³/mol. The zero-order chi connectivity index (χ0) is 28.0. The van der Waals surface area contributed by atoms with Crippen molar-refractivity contribution in [3.8, 4) is 5.75 Å². The van der Waals surface area contributed by atoms with E-state index in [0.717, 1.165) is 39.3 Å². The van der Waals surface area contributed by atoms with E-state index in [1.807, 2.05) is 14.0 Å². The monoisotopic (exact) mass is 534 g/mol. The molecule has 38 heavy (non-hydrogen) atoms. The number of aromatic nitrogens is 2. The van der Waals surface area contributed by atoms with Gasteiger partial charge in [-0.05, 0) is 73.2 Å². The van der Waals surface area contributed by atoms with Crippen molar-refractivity contribution >= 4 is 16.7 Å². The van der Waals surface area contributed by atoms with Gasteiger partial charge in [0.1, 0.15) is 29.2 Å². The van der Waals surface area contributed by atoms with E-state index in [0.29, 0.717) is 16.7 Å². The molecule has 0 saturated carbocycles. The number of aliphatic hydroxyl groups is 1. The molecule has 2 aromatic carbocycles. The minimum absolute atomic E-state index is 0.0349. The minimum atomic E-state index is -3.82. The van der Waals surface area contributed by atoms with Gasteiger partial charge in [0, 0.05) is 23.1 Å². The van der Waals surface area contributed by atoms with Gasteiger partial charge in [0.25, 0.3) is 0 Å². The maximum absolute atomic E-state index is 15.3. The number of benzene rings is 2. The number of fused-ring (bicyclic) bond motifs is 1. The van der Waals surface area contributed by atoms with Crippen molar-refractivity contribution in [1.82, 2.24) is 14.9 Å². The molecule has 0 radical (unpaired) electrons. The summed E-state index contributed by atoms with van der Waals surface area (Å²) in [6.07, 6.45) is 1.75. The topological polar surface area (TPSA) is 70.5 Å². The van der Waals surface area contributed by atoms with Gasteiger partial charge >= 0.3 is 5.92 Å². The molecule has 3 atom stereocenters. The number of hydrogen-bond acceptors (Lipinski definition) is 6. The second kappa shape index (κ2) is 10.3. The second-order valence-electron chi connectivity index (χ2n) is 10.6. The molecule has 2 N–H and O–H groups in total. The van der Waals surface area contributed by atoms with E-state index in [1.165, 1.54) is 24.3 Å². The number of rotatable bonds is 8. The van der Waals surface area contributed by atoms with Crippen LogP contribution >= 0.6 is 0 Å². The van der Waals surface area contributed by atoms with Crippen LogP contribution in [0.2, 0.25) is 0 Å². The first kappa shape index (κ1) is 28.0. The molecule has 0 amide bonds. The Morgan fingerprint density at radius 3 is 2.50 bits per heavy atom. The highest BCUT2D eigenvalue weighted by atomic mass is 19.3. The Morgan fingerprint density at radius 2 is 1.87 bits per heavy atom. The van der Waals surface area contributed by atoms with Gasteiger partial charge in [-0.25, -0.2) is 18.7 Å². The van der Waals surface area contributed by atoms with Crippen LogP contribution in [0.15, 0.2) is 30.3 Å². The largest absolute Gasteiger partial charge is 0.486 e. The Kier molecular flexibility index (Phi) is 7.60. The molecule has 206 valence electrons. The van der Waals surface area contributed by atoms with Crippen molar-refractivity contribution in [2.45, 2.75) is 77.2 Å². The molecule has 0 bridgehead atoms. The summed E-state index contributed by atoms with van der Waals surface area (Å²) < 4.78 is 66.0. The molecule has 6 nitrogen and oxygen atoms in total. The van der Waals surface area contributed by atoms with Crippen LogP contribution in [0, 0.1) is 18.6 Å². The van der Waals surface area contributed by atoms with Gasteiger partial charge in [-0.3, -0.25) is 4.90 Å². The van der Waals surface area contributed by atoms with Crippen molar-refractivity contribution in [2.24, 2.45) is 0 Å². The summed E-state index contributed by atoms with van der Waals surface area (Å²) in [7, 11) is 2.01. The molecule has 0 aliphatic carbocycles. The number of nitrogens with one attached hydrogen (secondary N) is 1. The summed E-state index contributed by atoms with van der Waals surface area (Å²) in [6.45, 7) is 7.97. The average molecular weight is 535 g/mol. The molecule has 0 spiro atoms. The molecule has 3 aromatic rings. The third-order valence-corrected chi connectivity index (χ3v) is 7.25. The number of likely N-dealkylation sites (N-methyl/N-ethyl adjacent to an activating group) is 1. The molecule has 1 fully saturated rings. The van der Waals surface area contributed by atoms with E-state index in [4.69, 9.17) is 4.74 Å². The standard InChI is InChI=1S/C28H34F4N4O2/c1-15(18-9-7-10-20(25(18)30)28(31,32)27(4,5)37)33-26-19-13-24(21(29)14-22(19)34-17(3)35-26)38-16(2)23-11-8-12-36(23)6/h7,9-10,13-16,23,37H,8,11-12H2,1-6H3,(H,33,34,35)/t15-,16-,23+/m1/s1. The van der Waals surface area contributed by atoms with Crippen molar-refractivity contribution in [3.63, 3.8) is 0 Å². The summed E-state index contributed by atoms with van der Waals surface area (Å²) in [6, 6.07) is 5.81. The summed E-state index contributed by atoms with van der Waals surface area (Å²) >= 11 is 0. The van der Waals surface area contributed by atoms with Gasteiger partial charge in [-0.15, -0.1) is 0 Å². The average Bonchev–Trinajstić information content (AvgIpc) is 3.25. The molecule has 10 heteroatoms. The summed E-state index contributed by atoms with van der Waals surface area (Å²) in [5, 5.41) is 13.5. The van der Waals surface area contributed by atoms with Crippen LogP contribution in [0.4, 0.5) is 23.4 Å². The number of hydrogen-bond donors (Lipinski definition) is 2. The van der Waals surface area contributed by atoms with Crippen LogP contribution in [-0.4, -0.2) is 51.3 Å². The molecule has 1 aliphatic heterocycles. The Hall–Kier alpha value is -2.98. The zero-order valence-electron chi connectivity index (χ0n) is 22.4. The molecule has 1 saturated heterocycles. The Morgan fingerprint density at radius 1 is 1.16 bits per heavy atom. The smallest absolute Gasteiger partial charge is 0.303 e. The van der Waals surface area contributed by atoms with Gasteiger partial charge in [0.15, 0.2) is 11.6 Å². The van der Waals surface area contributed by atoms with Gasteiger partial charge in [-0.2, -0.15) is 8.78 Å². The van der Waals surface area contributed by atoms with Crippen LogP contribution in [0.1, 0.15) is 63.5 Å². The van der Waals surface area contributed by atoms with Crippen molar-refractivity contribution < 1.29 is 27.4 Å². The first-order chi connectivity index (χ1) is 17.7. The highest BCUT2D eigenvalue weighted by molar-refractivity contribution is 5.90. The van der Waals surface area contributed by atoms with Crippen LogP contribution in [0.5, 0.6) is 5.75 Å². The first-order valence-corrected chi connectivity index (χ1v) is 12.7. The second-order valence-corrected chi connectivity index (χ2v) is 10.6. The highest BCUT2D eigenvalue weighted by Gasteiger charge is 2.49. The van der Waals surface area contributed by atoms with E-state index in [-0.39, 0.29) is 29.3 Å². The predicted octanol–water partition coefficient (Wildman–Crippen LogP) is 6.11. The van der Waals surface area contributed by atoms with E-state index >= 15 is 4.39 Å². The summed E-state index contributed by atoms with van der Waals surface area (Å²) in [5.41, 5.74) is -3.07. The number of nitrogens with zero attached hydrogens (tertiary/aromatic N) is 3. The minimum Gasteiger partial charge on any atom is -0.486 e. The highest BCUT2D eigenvalue weighted by Crippen LogP contribution is 2.41. The first-order valence-electron chi connectivity index (χ1n) is 12.7. The maximum atomic E-state index is 15.3. The van der Waals surface area contributed by atoms with E-state index in [1.54, 1.807) is 13.8 Å². The molecular formula is C28H34F4N4O2. The van der Waals surface area contributed by atoms with Crippen molar-refractivity contribution in [3.05, 3.63) is 58.9 Å². The molecule has 1 aliphatic rings. The number of halogens is 4. The lowest BCUT2D eigenvalue weighted by Crippen LogP contribution is -2.41. The van der Waals surface area contributed by atoms with Gasteiger partial charge in [0.2, 0.25) is 0 Å². The summed E-state index contributed by atoms with van der Waals surface area (Å²) in [5.74, 6) is -4.82. The van der Waals surface area contributed by atoms with Gasteiger partial charge in [0.05, 0.1) is 17.1 Å². The number of alkyl halides is 2. The third-order valence-electron chi connectivity index (χ3n) is 7.25. The number of aryl methyl sites for hydroxylation is 1. The van der Waals surface area contributed by atoms with E-state index < -0.39 is 34.8 Å². The van der Waals surface area contributed by atoms with E-state index in [2.05, 4.69) is 20.2 Å². The fourth-order valence-electron chi connectivity index (χ4n) is 4.99. The Bertz CT molecular complexity index is 1330. The van der Waals surface area contributed by atoms with E-state index in [9.17, 15) is 18.3 Å². The molecule has 0 unspecified atom stereocenters. The molecule has 1 aromatic heterocycles. The fraction of sp³-hybridized carbons (Fsp3) is 0.500. The SMILES string of the molecule is Cc1nc(N[C@H](C)c2cccc(C(F)(F)C(C)(C)O)c2F)c2cc(O[C@H](C)[C@@H]3CCCN3C)c(F)cc2n1. The quantitative estimate of drug-likeness (QED) is 0.340. The Balaban J connectivity index is 1.68. The van der Waals surface area contributed by atoms with Crippen LogP contribution in [0.3, 0.4) is 0 Å². The lowest BCUT2D eigenvalue weighted by Gasteiger charge is -2.30. The van der Waals surface area contributed by atoms with Crippen LogP contribution < -0.4 is 10.1 Å². The summed E-state index contributed by atoms with van der Waals surface area (Å²) in [4.78, 5) is 10.9. The van der Waals surface area contributed by atoms with Crippen LogP contribution in [-0.2, 0) is 5.92 Å². The zero-order valence-corrected chi connectivity index (χ0v) is 22.4. The van der Waals surface area contributed by atoms with Gasteiger partial charge < -0.3 is 15.2 Å². The molecule has 4 rings (SSSR count). The fourth-order valence-corrected chi connectivity index (χ4v) is 4.99. The maximum Gasteiger partial charge on any atom is 0.303 e. The number of likely N-dealkylation sites (tertiary alicyclic amines) is 1. The molecule has 2 heterocycles. The van der Waals surface area contributed by atoms with Crippen LogP contribution in [0.25, 0.3) is 10.9 Å². The third kappa shape index (κ3) is 5.29.